The lowest BCUT2D eigenvalue weighted by molar-refractivity contribution is -0.170. The van der Waals surface area contributed by atoms with Crippen molar-refractivity contribution in [1.29, 1.82) is 0 Å². The molecule has 3 heterocycles. The quantitative estimate of drug-likeness (QED) is 0.218. The number of hydrogen-bond donors (Lipinski definition) is 0. The van der Waals surface area contributed by atoms with E-state index in [1.54, 1.807) is 24.3 Å². The monoisotopic (exact) mass is 588 g/mol. The van der Waals surface area contributed by atoms with Gasteiger partial charge in [0.2, 0.25) is 0 Å². The van der Waals surface area contributed by atoms with Crippen molar-refractivity contribution in [2.75, 3.05) is 5.75 Å². The van der Waals surface area contributed by atoms with Crippen molar-refractivity contribution >= 4 is 9.84 Å². The minimum Gasteiger partial charge on any atom is -0.374 e. The Kier molecular flexibility index (Phi) is 10.9. The fourth-order valence-electron chi connectivity index (χ4n) is 7.77. The molecule has 3 aliphatic heterocycles. The molecule has 11 atom stereocenters. The van der Waals surface area contributed by atoms with Gasteiger partial charge >= 0.3 is 0 Å². The Hall–Kier alpha value is -1.21. The van der Waals surface area contributed by atoms with Gasteiger partial charge in [0.25, 0.3) is 0 Å². The summed E-state index contributed by atoms with van der Waals surface area (Å²) in [6, 6.07) is 8.89. The Morgan fingerprint density at radius 1 is 0.976 bits per heavy atom. The fourth-order valence-corrected chi connectivity index (χ4v) is 9.56. The lowest BCUT2D eigenvalue weighted by Gasteiger charge is -2.42. The number of sulfone groups is 1. The second kappa shape index (κ2) is 13.6. The van der Waals surface area contributed by atoms with Crippen LogP contribution in [-0.4, -0.2) is 50.3 Å². The first-order chi connectivity index (χ1) is 19.4. The molecular formula is C35H56O5S. The first-order valence-electron chi connectivity index (χ1n) is 16.3. The van der Waals surface area contributed by atoms with Crippen LogP contribution >= 0.6 is 0 Å². The molecule has 1 aromatic carbocycles. The highest BCUT2D eigenvalue weighted by molar-refractivity contribution is 7.91. The van der Waals surface area contributed by atoms with Gasteiger partial charge in [0.15, 0.2) is 9.84 Å². The van der Waals surface area contributed by atoms with Gasteiger partial charge in [0.1, 0.15) is 0 Å². The molecule has 232 valence electrons. The van der Waals surface area contributed by atoms with E-state index in [-0.39, 0.29) is 59.6 Å². The van der Waals surface area contributed by atoms with Crippen molar-refractivity contribution in [2.24, 2.45) is 29.6 Å². The molecule has 0 bridgehead atoms. The lowest BCUT2D eigenvalue weighted by atomic mass is 9.79. The van der Waals surface area contributed by atoms with Crippen LogP contribution in [-0.2, 0) is 24.0 Å². The summed E-state index contributed by atoms with van der Waals surface area (Å²) in [7, 11) is -3.41. The molecule has 4 rings (SSSR count). The highest BCUT2D eigenvalue weighted by Crippen LogP contribution is 2.46. The highest BCUT2D eigenvalue weighted by atomic mass is 32.2. The molecular weight excluding hydrogens is 532 g/mol. The molecule has 6 heteroatoms. The van der Waals surface area contributed by atoms with Crippen molar-refractivity contribution in [3.05, 3.63) is 42.5 Å². The van der Waals surface area contributed by atoms with Crippen LogP contribution in [0.25, 0.3) is 0 Å². The average Bonchev–Trinajstić information content (AvgIpc) is 3.43. The molecule has 3 aliphatic rings. The smallest absolute Gasteiger partial charge is 0.178 e. The van der Waals surface area contributed by atoms with Gasteiger partial charge in [0.05, 0.1) is 46.8 Å². The molecule has 0 radical (unpaired) electrons. The summed E-state index contributed by atoms with van der Waals surface area (Å²) < 4.78 is 46.6. The van der Waals surface area contributed by atoms with Crippen LogP contribution < -0.4 is 0 Å². The van der Waals surface area contributed by atoms with E-state index in [0.717, 1.165) is 51.4 Å². The minimum atomic E-state index is -3.41. The van der Waals surface area contributed by atoms with Gasteiger partial charge in [0, 0.05) is 12.3 Å². The average molecular weight is 589 g/mol. The van der Waals surface area contributed by atoms with Gasteiger partial charge in [-0.2, -0.15) is 0 Å². The zero-order chi connectivity index (χ0) is 29.9. The lowest BCUT2D eigenvalue weighted by Crippen LogP contribution is -2.48. The molecule has 3 unspecified atom stereocenters. The molecule has 0 saturated carbocycles. The molecule has 0 amide bonds. The van der Waals surface area contributed by atoms with Crippen LogP contribution in [0.4, 0.5) is 0 Å². The highest BCUT2D eigenvalue weighted by Gasteiger charge is 2.51. The van der Waals surface area contributed by atoms with Gasteiger partial charge in [-0.1, -0.05) is 78.3 Å². The van der Waals surface area contributed by atoms with Crippen molar-refractivity contribution < 1.29 is 22.6 Å². The van der Waals surface area contributed by atoms with Crippen LogP contribution in [0.3, 0.4) is 0 Å². The molecule has 1 aromatic rings. The van der Waals surface area contributed by atoms with E-state index in [1.165, 1.54) is 5.57 Å². The Labute approximate surface area is 250 Å². The summed E-state index contributed by atoms with van der Waals surface area (Å²) in [6.07, 6.45) is 8.65. The van der Waals surface area contributed by atoms with Crippen molar-refractivity contribution in [3.8, 4) is 0 Å². The molecule has 41 heavy (non-hydrogen) atoms. The summed E-state index contributed by atoms with van der Waals surface area (Å²) in [5, 5.41) is 0. The molecule has 0 spiro atoms. The van der Waals surface area contributed by atoms with E-state index in [4.69, 9.17) is 14.2 Å². The van der Waals surface area contributed by atoms with Gasteiger partial charge in [-0.3, -0.25) is 0 Å². The largest absolute Gasteiger partial charge is 0.374 e. The zero-order valence-corrected chi connectivity index (χ0v) is 27.5. The van der Waals surface area contributed by atoms with E-state index in [9.17, 15) is 8.42 Å². The van der Waals surface area contributed by atoms with Gasteiger partial charge in [-0.15, -0.1) is 0 Å². The van der Waals surface area contributed by atoms with E-state index in [2.05, 4.69) is 55.0 Å². The third-order valence-corrected chi connectivity index (χ3v) is 12.6. The maximum atomic E-state index is 13.5. The predicted molar refractivity (Wildman–Crippen MR) is 167 cm³/mol. The number of benzene rings is 1. The van der Waals surface area contributed by atoms with E-state index < -0.39 is 9.84 Å². The molecule has 5 nitrogen and oxygen atoms in total. The Bertz CT molecular complexity index is 1100. The number of ether oxygens (including phenoxy) is 3. The van der Waals surface area contributed by atoms with Gasteiger partial charge in [-0.05, 0) is 81.3 Å². The summed E-state index contributed by atoms with van der Waals surface area (Å²) in [6.45, 7) is 20.2. The Balaban J connectivity index is 1.42. The molecule has 0 aliphatic carbocycles. The van der Waals surface area contributed by atoms with E-state index in [1.807, 2.05) is 6.07 Å². The SMILES string of the molecule is C=C([C@H](C)CC1CC[C@@H]2O[C@@H](C)C[C@]2(CC)O1)[C@H](C)CC1O[C@H](CC(C)CC)[C@H](C)[C@H]1CS(=O)(=O)c1ccccc1. The number of hydrogen-bond acceptors (Lipinski definition) is 5. The summed E-state index contributed by atoms with van der Waals surface area (Å²) in [4.78, 5) is 0.407. The third kappa shape index (κ3) is 7.48. The standard InChI is InChI=1S/C35H56O5S/c1-9-23(3)18-32-28(8)31(22-41(36,37)30-14-12-11-13-15-30)33(39-32)20-25(5)27(7)24(4)19-29-16-17-34-35(10-2,40-29)21-26(6)38-34/h11-15,23-26,28-29,31-34H,7,9-10,16-22H2,1-6,8H3/t23?,24-,25-,26+,28-,29?,31-,32-,33?,34+,35+/m1/s1. The second-order valence-corrected chi connectivity index (χ2v) is 15.8. The molecule has 0 aromatic heterocycles. The molecule has 3 saturated heterocycles. The van der Waals surface area contributed by atoms with Crippen LogP contribution in [0.1, 0.15) is 99.8 Å². The van der Waals surface area contributed by atoms with Gasteiger partial charge in [-0.25, -0.2) is 8.42 Å². The summed E-state index contributed by atoms with van der Waals surface area (Å²) >= 11 is 0. The van der Waals surface area contributed by atoms with Crippen LogP contribution in [0.15, 0.2) is 47.4 Å². The zero-order valence-electron chi connectivity index (χ0n) is 26.7. The minimum absolute atomic E-state index is 0.0350. The summed E-state index contributed by atoms with van der Waals surface area (Å²) in [5.74, 6) is 1.39. The second-order valence-electron chi connectivity index (χ2n) is 13.8. The first kappa shape index (κ1) is 32.7. The maximum Gasteiger partial charge on any atom is 0.178 e. The van der Waals surface area contributed by atoms with Gasteiger partial charge < -0.3 is 14.2 Å². The third-order valence-electron chi connectivity index (χ3n) is 10.8. The van der Waals surface area contributed by atoms with E-state index >= 15 is 0 Å². The van der Waals surface area contributed by atoms with Crippen molar-refractivity contribution in [1.82, 2.24) is 0 Å². The van der Waals surface area contributed by atoms with Crippen LogP contribution in [0.5, 0.6) is 0 Å². The number of fused-ring (bicyclic) bond motifs is 1. The first-order valence-corrected chi connectivity index (χ1v) is 18.0. The van der Waals surface area contributed by atoms with Crippen molar-refractivity contribution in [3.63, 3.8) is 0 Å². The fraction of sp³-hybridized carbons (Fsp3) is 0.771. The predicted octanol–water partition coefficient (Wildman–Crippen LogP) is 8.03. The van der Waals surface area contributed by atoms with E-state index in [0.29, 0.717) is 16.7 Å². The van der Waals surface area contributed by atoms with Crippen molar-refractivity contribution in [2.45, 2.75) is 141 Å². The molecule has 0 N–H and O–H groups in total. The molecule has 3 fully saturated rings. The normalized spacial score (nSPS) is 36.0. The number of allylic oxidation sites excluding steroid dienone is 1. The maximum absolute atomic E-state index is 13.5. The Morgan fingerprint density at radius 3 is 2.32 bits per heavy atom. The number of rotatable bonds is 13. The summed E-state index contributed by atoms with van der Waals surface area (Å²) in [5.41, 5.74) is 1.09. The van der Waals surface area contributed by atoms with Crippen LogP contribution in [0.2, 0.25) is 0 Å². The van der Waals surface area contributed by atoms with Crippen LogP contribution in [0, 0.1) is 29.6 Å². The Morgan fingerprint density at radius 2 is 1.66 bits per heavy atom. The topological polar surface area (TPSA) is 61.8 Å².